The second-order valence-corrected chi connectivity index (χ2v) is 6.70. The Balaban J connectivity index is 1.71. The average Bonchev–Trinajstić information content (AvgIpc) is 3.13. The maximum Gasteiger partial charge on any atom is 0.358 e. The Labute approximate surface area is 134 Å². The SMILES string of the molecule is CC(C)c1ccc(NC2=[NH+]CC(=O)N2Cc2cccs2)cc1. The number of hydrogen-bond acceptors (Lipinski definition) is 3. The lowest BCUT2D eigenvalue weighted by molar-refractivity contribution is -0.438. The van der Waals surface area contributed by atoms with Crippen molar-refractivity contribution in [1.29, 1.82) is 0 Å². The van der Waals surface area contributed by atoms with Crippen LogP contribution in [0.3, 0.4) is 0 Å². The number of hydrogen-bond donors (Lipinski definition) is 2. The molecule has 0 saturated heterocycles. The van der Waals surface area contributed by atoms with Crippen LogP contribution >= 0.6 is 11.3 Å². The van der Waals surface area contributed by atoms with Gasteiger partial charge in [0, 0.05) is 4.88 Å². The van der Waals surface area contributed by atoms with Crippen LogP contribution in [0, 0.1) is 0 Å². The molecule has 22 heavy (non-hydrogen) atoms. The van der Waals surface area contributed by atoms with Crippen molar-refractivity contribution in [2.45, 2.75) is 26.3 Å². The zero-order valence-corrected chi connectivity index (χ0v) is 13.6. The van der Waals surface area contributed by atoms with E-state index in [4.69, 9.17) is 0 Å². The summed E-state index contributed by atoms with van der Waals surface area (Å²) in [7, 11) is 0. The van der Waals surface area contributed by atoms with Crippen LogP contribution in [0.2, 0.25) is 0 Å². The van der Waals surface area contributed by atoms with E-state index in [-0.39, 0.29) is 5.91 Å². The molecule has 1 aliphatic heterocycles. The summed E-state index contributed by atoms with van der Waals surface area (Å²) in [6.07, 6.45) is 0. The summed E-state index contributed by atoms with van der Waals surface area (Å²) in [5.41, 5.74) is 2.29. The zero-order chi connectivity index (χ0) is 15.5. The van der Waals surface area contributed by atoms with E-state index in [9.17, 15) is 4.79 Å². The quantitative estimate of drug-likeness (QED) is 0.903. The summed E-state index contributed by atoms with van der Waals surface area (Å²) in [6.45, 7) is 5.31. The number of thiophene rings is 1. The molecule has 0 radical (unpaired) electrons. The van der Waals surface area contributed by atoms with Crippen LogP contribution in [0.25, 0.3) is 0 Å². The van der Waals surface area contributed by atoms with Crippen molar-refractivity contribution in [3.63, 3.8) is 0 Å². The number of amides is 1. The van der Waals surface area contributed by atoms with Crippen molar-refractivity contribution in [3.05, 3.63) is 52.2 Å². The summed E-state index contributed by atoms with van der Waals surface area (Å²) < 4.78 is 0. The van der Waals surface area contributed by atoms with E-state index in [2.05, 4.69) is 48.4 Å². The molecule has 3 rings (SSSR count). The largest absolute Gasteiger partial charge is 0.358 e. The molecule has 114 valence electrons. The molecule has 1 amide bonds. The first kappa shape index (κ1) is 14.8. The Kier molecular flexibility index (Phi) is 4.24. The third-order valence-electron chi connectivity index (χ3n) is 3.71. The fourth-order valence-electron chi connectivity index (χ4n) is 2.40. The van der Waals surface area contributed by atoms with Crippen LogP contribution in [0.4, 0.5) is 5.69 Å². The van der Waals surface area contributed by atoms with Crippen LogP contribution in [0.1, 0.15) is 30.2 Å². The normalized spacial score (nSPS) is 14.6. The molecule has 2 heterocycles. The number of benzene rings is 1. The van der Waals surface area contributed by atoms with Crippen molar-refractivity contribution in [1.82, 2.24) is 4.90 Å². The van der Waals surface area contributed by atoms with Gasteiger partial charge in [0.15, 0.2) is 6.54 Å². The molecule has 0 unspecified atom stereocenters. The van der Waals surface area contributed by atoms with E-state index in [0.29, 0.717) is 19.0 Å². The van der Waals surface area contributed by atoms with Crippen molar-refractivity contribution in [3.8, 4) is 0 Å². The van der Waals surface area contributed by atoms with Gasteiger partial charge in [-0.1, -0.05) is 32.0 Å². The standard InChI is InChI=1S/C17H19N3OS/c1-12(2)13-5-7-14(8-6-13)19-17-18-10-16(21)20(17)11-15-4-3-9-22-15/h3-9,12H,10-11H2,1-2H3,(H,18,19)/p+1. The van der Waals surface area contributed by atoms with Gasteiger partial charge < -0.3 is 0 Å². The average molecular weight is 314 g/mol. The molecule has 1 aromatic heterocycles. The highest BCUT2D eigenvalue weighted by Crippen LogP contribution is 2.18. The second-order valence-electron chi connectivity index (χ2n) is 5.66. The van der Waals surface area contributed by atoms with Gasteiger partial charge in [0.25, 0.3) is 0 Å². The van der Waals surface area contributed by atoms with Gasteiger partial charge in [0.2, 0.25) is 0 Å². The topological polar surface area (TPSA) is 46.3 Å². The highest BCUT2D eigenvalue weighted by Gasteiger charge is 2.33. The Hall–Kier alpha value is -2.14. The van der Waals surface area contributed by atoms with Crippen LogP contribution in [0.5, 0.6) is 0 Å². The minimum Gasteiger partial charge on any atom is -0.266 e. The van der Waals surface area contributed by atoms with Crippen molar-refractivity contribution in [2.75, 3.05) is 11.9 Å². The molecular weight excluding hydrogens is 294 g/mol. The highest BCUT2D eigenvalue weighted by molar-refractivity contribution is 7.09. The molecule has 5 heteroatoms. The van der Waals surface area contributed by atoms with Crippen molar-refractivity contribution < 1.29 is 9.79 Å². The summed E-state index contributed by atoms with van der Waals surface area (Å²) in [4.78, 5) is 18.1. The smallest absolute Gasteiger partial charge is 0.266 e. The molecule has 0 saturated carbocycles. The highest BCUT2D eigenvalue weighted by atomic mass is 32.1. The number of nitrogens with one attached hydrogen (secondary N) is 2. The molecular formula is C17H20N3OS+. The maximum atomic E-state index is 12.1. The number of guanidine groups is 1. The summed E-state index contributed by atoms with van der Waals surface area (Å²) in [5, 5.41) is 5.34. The van der Waals surface area contributed by atoms with Gasteiger partial charge >= 0.3 is 11.9 Å². The summed E-state index contributed by atoms with van der Waals surface area (Å²) >= 11 is 1.66. The molecule has 2 N–H and O–H groups in total. The lowest BCUT2D eigenvalue weighted by Gasteiger charge is -2.12. The van der Waals surface area contributed by atoms with Gasteiger partial charge in [-0.2, -0.15) is 4.90 Å². The number of carbonyl (C=O) groups excluding carboxylic acids is 1. The van der Waals surface area contributed by atoms with E-state index < -0.39 is 0 Å². The number of rotatable bonds is 4. The van der Waals surface area contributed by atoms with Gasteiger partial charge in [-0.25, -0.2) is 5.32 Å². The molecule has 0 aliphatic carbocycles. The molecule has 0 bridgehead atoms. The monoisotopic (exact) mass is 314 g/mol. The predicted octanol–water partition coefficient (Wildman–Crippen LogP) is 1.76. The van der Waals surface area contributed by atoms with Crippen LogP contribution < -0.4 is 10.3 Å². The van der Waals surface area contributed by atoms with Gasteiger partial charge in [-0.15, -0.1) is 11.3 Å². The number of carbonyl (C=O) groups is 1. The summed E-state index contributed by atoms with van der Waals surface area (Å²) in [6, 6.07) is 12.4. The van der Waals surface area contributed by atoms with E-state index >= 15 is 0 Å². The third kappa shape index (κ3) is 3.20. The predicted molar refractivity (Wildman–Crippen MR) is 89.9 cm³/mol. The fraction of sp³-hybridized carbons (Fsp3) is 0.294. The first-order valence-corrected chi connectivity index (χ1v) is 8.32. The van der Waals surface area contributed by atoms with Gasteiger partial charge in [0.05, 0.1) is 5.69 Å². The molecule has 0 atom stereocenters. The van der Waals surface area contributed by atoms with E-state index in [1.165, 1.54) is 10.4 Å². The minimum absolute atomic E-state index is 0.0923. The first-order valence-electron chi connectivity index (χ1n) is 7.44. The zero-order valence-electron chi connectivity index (χ0n) is 12.8. The number of anilines is 1. The van der Waals surface area contributed by atoms with E-state index in [0.717, 1.165) is 11.6 Å². The van der Waals surface area contributed by atoms with E-state index in [1.54, 1.807) is 16.2 Å². The Morgan fingerprint density at radius 3 is 2.68 bits per heavy atom. The molecule has 0 spiro atoms. The molecule has 1 aromatic carbocycles. The molecule has 1 aliphatic rings. The lowest BCUT2D eigenvalue weighted by Crippen LogP contribution is -2.72. The summed E-state index contributed by atoms with van der Waals surface area (Å²) in [5.74, 6) is 1.37. The maximum absolute atomic E-state index is 12.1. The fourth-order valence-corrected chi connectivity index (χ4v) is 3.09. The van der Waals surface area contributed by atoms with Gasteiger partial charge in [-0.3, -0.25) is 9.79 Å². The van der Waals surface area contributed by atoms with Gasteiger partial charge in [0.1, 0.15) is 6.54 Å². The van der Waals surface area contributed by atoms with Crippen molar-refractivity contribution in [2.24, 2.45) is 0 Å². The molecule has 2 aromatic rings. The lowest BCUT2D eigenvalue weighted by atomic mass is 10.0. The van der Waals surface area contributed by atoms with E-state index in [1.807, 2.05) is 17.5 Å². The number of nitrogens with zero attached hydrogens (tertiary/aromatic N) is 1. The van der Waals surface area contributed by atoms with Crippen LogP contribution in [-0.2, 0) is 11.3 Å². The Morgan fingerprint density at radius 2 is 2.05 bits per heavy atom. The van der Waals surface area contributed by atoms with Crippen LogP contribution in [-0.4, -0.2) is 23.3 Å². The Morgan fingerprint density at radius 1 is 1.27 bits per heavy atom. The van der Waals surface area contributed by atoms with Crippen LogP contribution in [0.15, 0.2) is 41.8 Å². The molecule has 0 fully saturated rings. The first-order chi connectivity index (χ1) is 10.6. The minimum atomic E-state index is 0.0923. The molecule has 4 nitrogen and oxygen atoms in total. The van der Waals surface area contributed by atoms with Crippen molar-refractivity contribution >= 4 is 28.9 Å². The second kappa shape index (κ2) is 6.32. The third-order valence-corrected chi connectivity index (χ3v) is 4.57. The van der Waals surface area contributed by atoms with Gasteiger partial charge in [-0.05, 0) is 35.1 Å². The Bertz CT molecular complexity index is 674.